The minimum absolute atomic E-state index is 0.0638. The zero-order chi connectivity index (χ0) is 17.0. The molecule has 0 fully saturated rings. The summed E-state index contributed by atoms with van der Waals surface area (Å²) in [5.41, 5.74) is 1.23. The first-order valence-electron chi connectivity index (χ1n) is 7.15. The molecule has 2 rings (SSSR count). The number of carbonyl (C=O) groups is 1. The Morgan fingerprint density at radius 1 is 1.26 bits per heavy atom. The summed E-state index contributed by atoms with van der Waals surface area (Å²) in [5, 5.41) is 0.165. The summed E-state index contributed by atoms with van der Waals surface area (Å²) in [6, 6.07) is 5.69. The first kappa shape index (κ1) is 17.1. The van der Waals surface area contributed by atoms with Crippen LogP contribution in [-0.2, 0) is 6.54 Å². The first-order chi connectivity index (χ1) is 10.8. The monoisotopic (exact) mass is 334 g/mol. The highest BCUT2D eigenvalue weighted by molar-refractivity contribution is 6.29. The van der Waals surface area contributed by atoms with Gasteiger partial charge in [-0.25, -0.2) is 4.79 Å². The van der Waals surface area contributed by atoms with Gasteiger partial charge in [-0.15, -0.1) is 0 Å². The van der Waals surface area contributed by atoms with E-state index >= 15 is 0 Å². The van der Waals surface area contributed by atoms with E-state index in [0.717, 1.165) is 11.4 Å². The van der Waals surface area contributed by atoms with Crippen molar-refractivity contribution >= 4 is 17.7 Å². The van der Waals surface area contributed by atoms with Gasteiger partial charge in [0.1, 0.15) is 0 Å². The summed E-state index contributed by atoms with van der Waals surface area (Å²) < 4.78 is 5.29. The number of nitrogens with zero attached hydrogens (tertiary/aromatic N) is 4. The fraction of sp³-hybridized carbons (Fsp3) is 0.375. The molecule has 0 aromatic carbocycles. The molecule has 0 aliphatic rings. The fourth-order valence-electron chi connectivity index (χ4n) is 1.94. The molecule has 122 valence electrons. The lowest BCUT2D eigenvalue weighted by molar-refractivity contribution is 0.0994. The second kappa shape index (κ2) is 6.91. The van der Waals surface area contributed by atoms with Gasteiger partial charge in [-0.3, -0.25) is 14.9 Å². The zero-order valence-corrected chi connectivity index (χ0v) is 14.3. The first-order valence-corrected chi connectivity index (χ1v) is 7.53. The fourth-order valence-corrected chi connectivity index (χ4v) is 2.08. The Labute approximate surface area is 140 Å². The van der Waals surface area contributed by atoms with Crippen LogP contribution in [0.5, 0.6) is 5.88 Å². The smallest absolute Gasteiger partial charge is 0.389 e. The average Bonchev–Trinajstić information content (AvgIpc) is 2.43. The zero-order valence-electron chi connectivity index (χ0n) is 13.6. The molecule has 23 heavy (non-hydrogen) atoms. The van der Waals surface area contributed by atoms with Crippen molar-refractivity contribution in [1.82, 2.24) is 19.9 Å². The van der Waals surface area contributed by atoms with E-state index in [-0.39, 0.29) is 11.0 Å². The Morgan fingerprint density at radius 3 is 2.61 bits per heavy atom. The normalized spacial score (nSPS) is 11.2. The van der Waals surface area contributed by atoms with Crippen molar-refractivity contribution in [2.45, 2.75) is 39.8 Å². The van der Waals surface area contributed by atoms with Crippen LogP contribution >= 0.6 is 11.6 Å². The summed E-state index contributed by atoms with van der Waals surface area (Å²) in [6.45, 7) is 8.01. The Bertz CT molecular complexity index is 700. The number of hydrogen-bond acceptors (Lipinski definition) is 5. The highest BCUT2D eigenvalue weighted by Crippen LogP contribution is 2.19. The molecule has 0 unspecified atom stereocenters. The van der Waals surface area contributed by atoms with Crippen LogP contribution in [-0.4, -0.2) is 31.5 Å². The second-order valence-electron chi connectivity index (χ2n) is 6.08. The second-order valence-corrected chi connectivity index (χ2v) is 6.46. The molecule has 0 spiro atoms. The number of rotatable bonds is 3. The number of pyridine rings is 1. The third kappa shape index (κ3) is 4.89. The lowest BCUT2D eigenvalue weighted by Gasteiger charge is -2.34. The molecule has 2 aromatic heterocycles. The third-order valence-corrected chi connectivity index (χ3v) is 3.25. The van der Waals surface area contributed by atoms with Gasteiger partial charge >= 0.3 is 6.09 Å². The molecule has 7 heteroatoms. The van der Waals surface area contributed by atoms with Gasteiger partial charge in [-0.1, -0.05) is 17.7 Å². The SMILES string of the molecule is Cc1cccc(CN(C(=O)Oc2cncc(Cl)n2)C(C)(C)C)n1. The highest BCUT2D eigenvalue weighted by Gasteiger charge is 2.29. The van der Waals surface area contributed by atoms with Crippen molar-refractivity contribution < 1.29 is 9.53 Å². The van der Waals surface area contributed by atoms with Gasteiger partial charge in [0, 0.05) is 11.2 Å². The molecule has 0 radical (unpaired) electrons. The van der Waals surface area contributed by atoms with E-state index in [1.54, 1.807) is 4.90 Å². The standard InChI is InChI=1S/C16H19ClN4O2/c1-11-6-5-7-12(19-11)10-21(16(2,3)4)15(22)23-14-9-18-8-13(17)20-14/h5-9H,10H2,1-4H3. The van der Waals surface area contributed by atoms with Crippen molar-refractivity contribution in [3.05, 3.63) is 47.1 Å². The lowest BCUT2D eigenvalue weighted by Crippen LogP contribution is -2.46. The van der Waals surface area contributed by atoms with Crippen LogP contribution in [0.4, 0.5) is 4.79 Å². The molecule has 2 aromatic rings. The van der Waals surface area contributed by atoms with E-state index in [9.17, 15) is 4.79 Å². The molecule has 0 saturated heterocycles. The van der Waals surface area contributed by atoms with Crippen molar-refractivity contribution in [2.75, 3.05) is 0 Å². The van der Waals surface area contributed by atoms with Crippen molar-refractivity contribution in [2.24, 2.45) is 0 Å². The van der Waals surface area contributed by atoms with Crippen LogP contribution in [0.2, 0.25) is 5.15 Å². The predicted molar refractivity (Wildman–Crippen MR) is 87.3 cm³/mol. The van der Waals surface area contributed by atoms with Crippen molar-refractivity contribution in [3.8, 4) is 5.88 Å². The van der Waals surface area contributed by atoms with Crippen LogP contribution in [0.25, 0.3) is 0 Å². The number of ether oxygens (including phenoxy) is 1. The van der Waals surface area contributed by atoms with E-state index < -0.39 is 11.6 Å². The lowest BCUT2D eigenvalue weighted by atomic mass is 10.1. The number of hydrogen-bond donors (Lipinski definition) is 0. The van der Waals surface area contributed by atoms with E-state index in [2.05, 4.69) is 15.0 Å². The summed E-state index contributed by atoms with van der Waals surface area (Å²) in [7, 11) is 0. The molecule has 0 aliphatic carbocycles. The molecular formula is C16H19ClN4O2. The van der Waals surface area contributed by atoms with Gasteiger partial charge in [0.25, 0.3) is 0 Å². The maximum Gasteiger partial charge on any atom is 0.417 e. The quantitative estimate of drug-likeness (QED) is 0.857. The number of amides is 1. The average molecular weight is 335 g/mol. The topological polar surface area (TPSA) is 68.2 Å². The summed E-state index contributed by atoms with van der Waals surface area (Å²) in [6.07, 6.45) is 2.18. The molecule has 6 nitrogen and oxygen atoms in total. The Balaban J connectivity index is 2.19. The molecule has 2 heterocycles. The molecule has 0 saturated carbocycles. The molecule has 1 amide bonds. The largest absolute Gasteiger partial charge is 0.417 e. The molecule has 0 N–H and O–H groups in total. The third-order valence-electron chi connectivity index (χ3n) is 3.07. The maximum absolute atomic E-state index is 12.5. The van der Waals surface area contributed by atoms with E-state index in [1.807, 2.05) is 45.9 Å². The minimum atomic E-state index is -0.530. The van der Waals surface area contributed by atoms with Crippen LogP contribution < -0.4 is 4.74 Å². The number of halogens is 1. The summed E-state index contributed by atoms with van der Waals surface area (Å²) in [4.78, 5) is 26.3. The highest BCUT2D eigenvalue weighted by atomic mass is 35.5. The Hall–Kier alpha value is -2.21. The minimum Gasteiger partial charge on any atom is -0.389 e. The number of aryl methyl sites for hydroxylation is 1. The predicted octanol–water partition coefficient (Wildman–Crippen LogP) is 3.63. The van der Waals surface area contributed by atoms with E-state index in [4.69, 9.17) is 16.3 Å². The van der Waals surface area contributed by atoms with E-state index in [0.29, 0.717) is 6.54 Å². The van der Waals surface area contributed by atoms with Crippen LogP contribution in [0, 0.1) is 6.92 Å². The van der Waals surface area contributed by atoms with Gasteiger partial charge in [0.15, 0.2) is 5.15 Å². The number of carbonyl (C=O) groups excluding carboxylic acids is 1. The van der Waals surface area contributed by atoms with Crippen molar-refractivity contribution in [3.63, 3.8) is 0 Å². The Morgan fingerprint density at radius 2 is 2.00 bits per heavy atom. The molecule has 0 bridgehead atoms. The van der Waals surface area contributed by atoms with Gasteiger partial charge in [-0.2, -0.15) is 4.98 Å². The van der Waals surface area contributed by atoms with E-state index in [1.165, 1.54) is 12.4 Å². The van der Waals surface area contributed by atoms with Gasteiger partial charge in [-0.05, 0) is 39.8 Å². The number of aromatic nitrogens is 3. The van der Waals surface area contributed by atoms with Gasteiger partial charge in [0.2, 0.25) is 5.88 Å². The van der Waals surface area contributed by atoms with Gasteiger partial charge < -0.3 is 4.74 Å². The molecular weight excluding hydrogens is 316 g/mol. The maximum atomic E-state index is 12.5. The van der Waals surface area contributed by atoms with Crippen LogP contribution in [0.15, 0.2) is 30.6 Å². The van der Waals surface area contributed by atoms with Crippen LogP contribution in [0.3, 0.4) is 0 Å². The van der Waals surface area contributed by atoms with Crippen LogP contribution in [0.1, 0.15) is 32.2 Å². The Kier molecular flexibility index (Phi) is 5.15. The summed E-state index contributed by atoms with van der Waals surface area (Å²) in [5.74, 6) is 0.0638. The molecule has 0 aliphatic heterocycles. The summed E-state index contributed by atoms with van der Waals surface area (Å²) >= 11 is 5.76. The van der Waals surface area contributed by atoms with Gasteiger partial charge in [0.05, 0.1) is 24.6 Å². The van der Waals surface area contributed by atoms with Crippen molar-refractivity contribution in [1.29, 1.82) is 0 Å². The molecule has 0 atom stereocenters.